The van der Waals surface area contributed by atoms with Crippen molar-refractivity contribution in [1.82, 2.24) is 30.1 Å². The molecule has 0 amide bonds. The molecule has 1 aliphatic carbocycles. The molecule has 3 heterocycles. The lowest BCUT2D eigenvalue weighted by Crippen LogP contribution is -2.35. The predicted octanol–water partition coefficient (Wildman–Crippen LogP) is 6.02. The number of tetrazole rings is 1. The van der Waals surface area contributed by atoms with Crippen LogP contribution in [0, 0.1) is 13.8 Å². The molecule has 2 aromatic carbocycles. The fraction of sp³-hybridized carbons (Fsp3) is 0.355. The summed E-state index contributed by atoms with van der Waals surface area (Å²) in [6.07, 6.45) is 7.31. The van der Waals surface area contributed by atoms with Gasteiger partial charge in [-0.25, -0.2) is 4.68 Å². The molecule has 0 unspecified atom stereocenters. The van der Waals surface area contributed by atoms with Crippen LogP contribution in [0.3, 0.4) is 0 Å². The van der Waals surface area contributed by atoms with Crippen molar-refractivity contribution in [2.24, 2.45) is 0 Å². The van der Waals surface area contributed by atoms with Crippen molar-refractivity contribution >= 4 is 10.9 Å². The van der Waals surface area contributed by atoms with E-state index in [9.17, 15) is 4.79 Å². The summed E-state index contributed by atoms with van der Waals surface area (Å²) in [5.41, 5.74) is 4.66. The fourth-order valence-corrected chi connectivity index (χ4v) is 5.92. The maximum absolute atomic E-state index is 13.9. The Kier molecular flexibility index (Phi) is 7.11. The highest BCUT2D eigenvalue weighted by Gasteiger charge is 2.33. The van der Waals surface area contributed by atoms with Crippen LogP contribution in [0.1, 0.15) is 78.0 Å². The number of aromatic nitrogens is 5. The molecule has 0 bridgehead atoms. The second kappa shape index (κ2) is 11.0. The molecule has 1 fully saturated rings. The highest BCUT2D eigenvalue weighted by atomic mass is 16.3. The topological polar surface area (TPSA) is 92.8 Å². The molecule has 39 heavy (non-hydrogen) atoms. The summed E-state index contributed by atoms with van der Waals surface area (Å²) in [5.74, 6) is 1.51. The molecule has 3 aromatic heterocycles. The summed E-state index contributed by atoms with van der Waals surface area (Å²) >= 11 is 0. The Morgan fingerprint density at radius 1 is 1.00 bits per heavy atom. The van der Waals surface area contributed by atoms with Gasteiger partial charge in [0, 0.05) is 17.5 Å². The van der Waals surface area contributed by atoms with Crippen molar-refractivity contribution in [3.63, 3.8) is 0 Å². The Morgan fingerprint density at radius 2 is 1.79 bits per heavy atom. The molecule has 1 atom stereocenters. The highest BCUT2D eigenvalue weighted by molar-refractivity contribution is 5.85. The van der Waals surface area contributed by atoms with Crippen molar-refractivity contribution in [3.05, 3.63) is 111 Å². The number of pyridine rings is 1. The molecule has 8 nitrogen and oxygen atoms in total. The number of hydrogen-bond donors (Lipinski definition) is 1. The van der Waals surface area contributed by atoms with E-state index in [2.05, 4.69) is 50.5 Å². The molecular formula is C31H34N6O2. The van der Waals surface area contributed by atoms with Gasteiger partial charge in [0.15, 0.2) is 5.82 Å². The molecule has 0 radical (unpaired) electrons. The van der Waals surface area contributed by atoms with Crippen LogP contribution in [-0.4, -0.2) is 30.1 Å². The first-order valence-electron chi connectivity index (χ1n) is 13.8. The van der Waals surface area contributed by atoms with Gasteiger partial charge in [0.25, 0.3) is 5.56 Å². The van der Waals surface area contributed by atoms with Crippen LogP contribution < -0.4 is 5.56 Å². The number of aromatic amines is 1. The van der Waals surface area contributed by atoms with Crippen LogP contribution in [-0.2, 0) is 13.1 Å². The summed E-state index contributed by atoms with van der Waals surface area (Å²) in [6, 6.07) is 20.1. The van der Waals surface area contributed by atoms with Gasteiger partial charge in [-0.1, -0.05) is 61.7 Å². The maximum Gasteiger partial charge on any atom is 0.253 e. The van der Waals surface area contributed by atoms with Crippen molar-refractivity contribution in [1.29, 1.82) is 0 Å². The second-order valence-corrected chi connectivity index (χ2v) is 10.7. The molecule has 1 N–H and O–H groups in total. The average Bonchev–Trinajstić information content (AvgIpc) is 3.65. The molecule has 1 saturated carbocycles. The van der Waals surface area contributed by atoms with E-state index in [4.69, 9.17) is 4.42 Å². The minimum atomic E-state index is -0.486. The molecule has 5 aromatic rings. The van der Waals surface area contributed by atoms with Gasteiger partial charge < -0.3 is 9.40 Å². The summed E-state index contributed by atoms with van der Waals surface area (Å²) in [7, 11) is 0. The SMILES string of the molecule is Cc1ccc(C)c2[nH]c(=O)c([C@H](c3nnnn3C3CCCCC3)N(Cc3ccccc3)Cc3ccco3)cc12. The van der Waals surface area contributed by atoms with Gasteiger partial charge in [-0.15, -0.1) is 5.10 Å². The van der Waals surface area contributed by atoms with Gasteiger partial charge in [0.1, 0.15) is 11.8 Å². The number of aryl methyl sites for hydroxylation is 2. The molecule has 6 rings (SSSR count). The van der Waals surface area contributed by atoms with Gasteiger partial charge in [0.05, 0.1) is 24.4 Å². The first-order chi connectivity index (χ1) is 19.1. The van der Waals surface area contributed by atoms with Crippen LogP contribution in [0.5, 0.6) is 0 Å². The number of benzene rings is 2. The molecule has 200 valence electrons. The van der Waals surface area contributed by atoms with Gasteiger partial charge in [-0.2, -0.15) is 0 Å². The fourth-order valence-electron chi connectivity index (χ4n) is 5.92. The van der Waals surface area contributed by atoms with Crippen LogP contribution >= 0.6 is 0 Å². The minimum Gasteiger partial charge on any atom is -0.468 e. The zero-order valence-corrected chi connectivity index (χ0v) is 22.5. The molecule has 1 aliphatic rings. The molecular weight excluding hydrogens is 488 g/mol. The van der Waals surface area contributed by atoms with Crippen LogP contribution in [0.25, 0.3) is 10.9 Å². The Labute approximate surface area is 227 Å². The smallest absolute Gasteiger partial charge is 0.253 e. The van der Waals surface area contributed by atoms with Crippen LogP contribution in [0.4, 0.5) is 0 Å². The number of nitrogens with one attached hydrogen (secondary N) is 1. The Morgan fingerprint density at radius 3 is 2.56 bits per heavy atom. The van der Waals surface area contributed by atoms with E-state index >= 15 is 0 Å². The van der Waals surface area contributed by atoms with Crippen molar-refractivity contribution < 1.29 is 4.42 Å². The molecule has 0 spiro atoms. The molecule has 0 saturated heterocycles. The summed E-state index contributed by atoms with van der Waals surface area (Å²) in [5, 5.41) is 14.3. The van der Waals surface area contributed by atoms with Gasteiger partial charge in [-0.3, -0.25) is 9.69 Å². The first kappa shape index (κ1) is 25.2. The van der Waals surface area contributed by atoms with E-state index in [1.54, 1.807) is 6.26 Å². The van der Waals surface area contributed by atoms with Crippen molar-refractivity contribution in [2.75, 3.05) is 0 Å². The van der Waals surface area contributed by atoms with E-state index in [0.29, 0.717) is 24.5 Å². The second-order valence-electron chi connectivity index (χ2n) is 10.7. The average molecular weight is 523 g/mol. The standard InChI is InChI=1S/C31H34N6O2/c1-21-15-16-22(2)28-26(21)18-27(31(38)32-28)29(30-33-34-35-37(30)24-12-7-4-8-13-24)36(20-25-14-9-17-39-25)19-23-10-5-3-6-11-23/h3,5-6,9-11,14-18,24,29H,4,7-8,12-13,19-20H2,1-2H3,(H,32,38)/t29-/m1/s1. The maximum atomic E-state index is 13.9. The summed E-state index contributed by atoms with van der Waals surface area (Å²) in [4.78, 5) is 19.4. The van der Waals surface area contributed by atoms with E-state index in [0.717, 1.165) is 59.0 Å². The lowest BCUT2D eigenvalue weighted by Gasteiger charge is -2.32. The first-order valence-corrected chi connectivity index (χ1v) is 13.8. The summed E-state index contributed by atoms with van der Waals surface area (Å²) in [6.45, 7) is 5.19. The number of furan rings is 1. The van der Waals surface area contributed by atoms with Gasteiger partial charge in [0.2, 0.25) is 0 Å². The third-order valence-corrected chi connectivity index (χ3v) is 7.98. The highest BCUT2D eigenvalue weighted by Crippen LogP contribution is 2.35. The molecule has 8 heteroatoms. The number of rotatable bonds is 8. The number of H-pyrrole nitrogens is 1. The van der Waals surface area contributed by atoms with E-state index in [1.807, 2.05) is 54.1 Å². The number of hydrogen-bond acceptors (Lipinski definition) is 6. The number of nitrogens with zero attached hydrogens (tertiary/aromatic N) is 5. The monoisotopic (exact) mass is 522 g/mol. The minimum absolute atomic E-state index is 0.128. The normalized spacial score (nSPS) is 15.3. The summed E-state index contributed by atoms with van der Waals surface area (Å²) < 4.78 is 7.78. The Balaban J connectivity index is 1.55. The van der Waals surface area contributed by atoms with E-state index in [1.165, 1.54) is 6.42 Å². The zero-order chi connectivity index (χ0) is 26.8. The largest absolute Gasteiger partial charge is 0.468 e. The lowest BCUT2D eigenvalue weighted by atomic mass is 9.94. The molecule has 0 aliphatic heterocycles. The van der Waals surface area contributed by atoms with E-state index < -0.39 is 6.04 Å². The lowest BCUT2D eigenvalue weighted by molar-refractivity contribution is 0.173. The predicted molar refractivity (Wildman–Crippen MR) is 150 cm³/mol. The van der Waals surface area contributed by atoms with Gasteiger partial charge >= 0.3 is 0 Å². The Bertz CT molecular complexity index is 1600. The third-order valence-electron chi connectivity index (χ3n) is 7.98. The quantitative estimate of drug-likeness (QED) is 0.268. The Hall–Kier alpha value is -4.04. The van der Waals surface area contributed by atoms with Crippen LogP contribution in [0.2, 0.25) is 0 Å². The van der Waals surface area contributed by atoms with E-state index in [-0.39, 0.29) is 11.6 Å². The van der Waals surface area contributed by atoms with Crippen molar-refractivity contribution in [2.45, 2.75) is 71.1 Å². The van der Waals surface area contributed by atoms with Crippen LogP contribution in [0.15, 0.2) is 76.1 Å². The van der Waals surface area contributed by atoms with Crippen molar-refractivity contribution in [3.8, 4) is 0 Å². The zero-order valence-electron chi connectivity index (χ0n) is 22.5. The van der Waals surface area contributed by atoms with Gasteiger partial charge in [-0.05, 0) is 72.0 Å². The number of fused-ring (bicyclic) bond motifs is 1. The third kappa shape index (κ3) is 5.16.